The molecule has 1 aromatic heterocycles. The van der Waals surface area contributed by atoms with Gasteiger partial charge in [-0.25, -0.2) is 4.79 Å². The minimum Gasteiger partial charge on any atom is -0.506 e. The number of aromatic hydroxyl groups is 1. The second kappa shape index (κ2) is 6.90. The number of aromatic nitrogens is 4. The number of phenolic OH excluding ortho intramolecular Hbond substituents is 1. The number of tetrazole rings is 1. The van der Waals surface area contributed by atoms with E-state index in [1.807, 2.05) is 18.2 Å². The Hall–Kier alpha value is -2.51. The number of nitrogens with zero attached hydrogens (tertiary/aromatic N) is 4. The van der Waals surface area contributed by atoms with E-state index >= 15 is 0 Å². The largest absolute Gasteiger partial charge is 0.506 e. The van der Waals surface area contributed by atoms with Crippen LogP contribution in [0.3, 0.4) is 0 Å². The summed E-state index contributed by atoms with van der Waals surface area (Å²) >= 11 is 12.1. The lowest BCUT2D eigenvalue weighted by Crippen LogP contribution is -2.23. The van der Waals surface area contributed by atoms with Crippen molar-refractivity contribution < 1.29 is 9.84 Å². The minimum absolute atomic E-state index is 0.112. The Morgan fingerprint density at radius 1 is 1.22 bits per heavy atom. The molecule has 0 saturated heterocycles. The third-order valence-electron chi connectivity index (χ3n) is 4.53. The predicted molar refractivity (Wildman–Crippen MR) is 101 cm³/mol. The average molecular weight is 407 g/mol. The summed E-state index contributed by atoms with van der Waals surface area (Å²) in [5, 5.41) is 17.8. The van der Waals surface area contributed by atoms with Crippen LogP contribution in [-0.4, -0.2) is 24.9 Å². The number of hydrogen-bond acceptors (Lipinski definition) is 5. The molecule has 1 heterocycles. The second-order valence-electron chi connectivity index (χ2n) is 6.44. The Bertz CT molecular complexity index is 1070. The van der Waals surface area contributed by atoms with Gasteiger partial charge in [0.1, 0.15) is 18.1 Å². The van der Waals surface area contributed by atoms with Crippen molar-refractivity contribution >= 4 is 23.2 Å². The summed E-state index contributed by atoms with van der Waals surface area (Å²) in [6, 6.07) is 8.55. The number of benzene rings is 2. The molecule has 1 aliphatic rings. The molecule has 0 amide bonds. The van der Waals surface area contributed by atoms with E-state index < -0.39 is 0 Å². The monoisotopic (exact) mass is 406 g/mol. The molecule has 4 rings (SSSR count). The first-order valence-corrected chi connectivity index (χ1v) is 9.13. The van der Waals surface area contributed by atoms with Crippen LogP contribution in [0.4, 0.5) is 0 Å². The maximum Gasteiger partial charge on any atom is 0.368 e. The lowest BCUT2D eigenvalue weighted by molar-refractivity contribution is 0.304. The molecule has 0 radical (unpaired) electrons. The van der Waals surface area contributed by atoms with E-state index in [2.05, 4.69) is 10.4 Å². The van der Waals surface area contributed by atoms with Gasteiger partial charge in [0, 0.05) is 24.7 Å². The summed E-state index contributed by atoms with van der Waals surface area (Å²) in [4.78, 5) is 12.3. The van der Waals surface area contributed by atoms with Crippen LogP contribution in [0.25, 0.3) is 5.69 Å². The molecule has 1 saturated carbocycles. The van der Waals surface area contributed by atoms with Gasteiger partial charge >= 0.3 is 5.69 Å². The first kappa shape index (κ1) is 17.9. The third kappa shape index (κ3) is 3.40. The maximum absolute atomic E-state index is 12.3. The Morgan fingerprint density at radius 2 is 2.00 bits per heavy atom. The van der Waals surface area contributed by atoms with E-state index in [9.17, 15) is 9.90 Å². The molecule has 140 valence electrons. The number of phenols is 1. The number of ether oxygens (including phenoxy) is 1. The number of hydrogen-bond donors (Lipinski definition) is 1. The quantitative estimate of drug-likeness (QED) is 0.701. The fourth-order valence-corrected chi connectivity index (χ4v) is 3.33. The molecule has 7 nitrogen and oxygen atoms in total. The highest BCUT2D eigenvalue weighted by Crippen LogP contribution is 2.43. The van der Waals surface area contributed by atoms with Gasteiger partial charge < -0.3 is 9.84 Å². The van der Waals surface area contributed by atoms with Crippen molar-refractivity contribution in [2.24, 2.45) is 7.05 Å². The van der Waals surface area contributed by atoms with Crippen LogP contribution in [0.1, 0.15) is 29.9 Å². The molecule has 0 atom stereocenters. The molecular weight excluding hydrogens is 391 g/mol. The molecule has 2 aromatic carbocycles. The van der Waals surface area contributed by atoms with Gasteiger partial charge in [-0.2, -0.15) is 9.36 Å². The van der Waals surface area contributed by atoms with Gasteiger partial charge in [-0.3, -0.25) is 0 Å². The van der Waals surface area contributed by atoms with Gasteiger partial charge in [-0.15, -0.1) is 0 Å². The van der Waals surface area contributed by atoms with Crippen molar-refractivity contribution in [1.82, 2.24) is 19.8 Å². The smallest absolute Gasteiger partial charge is 0.368 e. The molecule has 0 spiro atoms. The zero-order valence-corrected chi connectivity index (χ0v) is 15.9. The first-order valence-electron chi connectivity index (χ1n) is 8.37. The lowest BCUT2D eigenvalue weighted by atomic mass is 10.0. The molecule has 0 aliphatic heterocycles. The molecule has 9 heteroatoms. The van der Waals surface area contributed by atoms with Crippen molar-refractivity contribution in [1.29, 1.82) is 0 Å². The van der Waals surface area contributed by atoms with Crippen molar-refractivity contribution in [3.63, 3.8) is 0 Å². The molecule has 1 N–H and O–H groups in total. The second-order valence-corrected chi connectivity index (χ2v) is 7.25. The number of aryl methyl sites for hydroxylation is 1. The van der Waals surface area contributed by atoms with Gasteiger partial charge in [0.05, 0.1) is 15.7 Å². The summed E-state index contributed by atoms with van der Waals surface area (Å²) in [6.45, 7) is 0.172. The summed E-state index contributed by atoms with van der Waals surface area (Å²) in [7, 11) is 1.55. The standard InChI is InChI=1S/C18H16Cl2N4O3/c1-23-18(26)24(22-21-23)15-4-2-3-11(10-5-6-10)12(15)9-27-17-8-13(19)16(25)7-14(17)20/h2-4,7-8,10,25H,5-6,9H2,1H3. The summed E-state index contributed by atoms with van der Waals surface area (Å²) in [6.07, 6.45) is 2.19. The van der Waals surface area contributed by atoms with Gasteiger partial charge in [0.25, 0.3) is 0 Å². The number of halogens is 2. The van der Waals surface area contributed by atoms with Gasteiger partial charge in [-0.1, -0.05) is 35.3 Å². The molecule has 1 fully saturated rings. The molecule has 3 aromatic rings. The average Bonchev–Trinajstić information content (AvgIpc) is 3.43. The normalized spacial score (nSPS) is 13.7. The van der Waals surface area contributed by atoms with Gasteiger partial charge in [-0.05, 0) is 40.8 Å². The molecular formula is C18H16Cl2N4O3. The third-order valence-corrected chi connectivity index (χ3v) is 5.13. The summed E-state index contributed by atoms with van der Waals surface area (Å²) in [5.74, 6) is 0.677. The van der Waals surface area contributed by atoms with Crippen LogP contribution < -0.4 is 10.4 Å². The Morgan fingerprint density at radius 3 is 2.67 bits per heavy atom. The molecule has 0 unspecified atom stereocenters. The maximum atomic E-state index is 12.3. The van der Waals surface area contributed by atoms with E-state index in [-0.39, 0.29) is 28.1 Å². The molecule has 1 aliphatic carbocycles. The predicted octanol–water partition coefficient (Wildman–Crippen LogP) is 3.43. The van der Waals surface area contributed by atoms with Crippen molar-refractivity contribution in [3.05, 3.63) is 62.0 Å². The highest BCUT2D eigenvalue weighted by Gasteiger charge is 2.28. The first-order chi connectivity index (χ1) is 13.0. The zero-order chi connectivity index (χ0) is 19.1. The zero-order valence-electron chi connectivity index (χ0n) is 14.4. The van der Waals surface area contributed by atoms with E-state index in [0.29, 0.717) is 17.4 Å². The van der Waals surface area contributed by atoms with E-state index in [4.69, 9.17) is 27.9 Å². The molecule has 27 heavy (non-hydrogen) atoms. The highest BCUT2D eigenvalue weighted by molar-refractivity contribution is 6.35. The molecule has 0 bridgehead atoms. The van der Waals surface area contributed by atoms with Crippen LogP contribution in [0.15, 0.2) is 35.1 Å². The van der Waals surface area contributed by atoms with E-state index in [1.165, 1.54) is 21.5 Å². The van der Waals surface area contributed by atoms with Crippen LogP contribution in [0.2, 0.25) is 10.0 Å². The van der Waals surface area contributed by atoms with Gasteiger partial charge in [0.15, 0.2) is 0 Å². The van der Waals surface area contributed by atoms with Crippen LogP contribution >= 0.6 is 23.2 Å². The Kier molecular flexibility index (Phi) is 4.57. The minimum atomic E-state index is -0.338. The van der Waals surface area contributed by atoms with Crippen LogP contribution in [0, 0.1) is 0 Å². The fourth-order valence-electron chi connectivity index (χ4n) is 2.97. The van der Waals surface area contributed by atoms with Crippen LogP contribution in [0.5, 0.6) is 11.5 Å². The fraction of sp³-hybridized carbons (Fsp3) is 0.278. The van der Waals surface area contributed by atoms with E-state index in [0.717, 1.165) is 24.0 Å². The lowest BCUT2D eigenvalue weighted by Gasteiger charge is -2.15. The van der Waals surface area contributed by atoms with Crippen molar-refractivity contribution in [3.8, 4) is 17.2 Å². The Balaban J connectivity index is 1.74. The Labute approximate surface area is 164 Å². The van der Waals surface area contributed by atoms with Gasteiger partial charge in [0.2, 0.25) is 0 Å². The number of rotatable bonds is 5. The SMILES string of the molecule is Cn1nnn(-c2cccc(C3CC3)c2COc2cc(Cl)c(O)cc2Cl)c1=O. The summed E-state index contributed by atoms with van der Waals surface area (Å²) in [5.41, 5.74) is 2.25. The summed E-state index contributed by atoms with van der Waals surface area (Å²) < 4.78 is 8.32. The topological polar surface area (TPSA) is 82.2 Å². The van der Waals surface area contributed by atoms with E-state index in [1.54, 1.807) is 7.05 Å². The van der Waals surface area contributed by atoms with Crippen molar-refractivity contribution in [2.45, 2.75) is 25.4 Å². The van der Waals surface area contributed by atoms with Crippen molar-refractivity contribution in [2.75, 3.05) is 0 Å². The van der Waals surface area contributed by atoms with Crippen LogP contribution in [-0.2, 0) is 13.7 Å². The highest BCUT2D eigenvalue weighted by atomic mass is 35.5.